The van der Waals surface area contributed by atoms with Gasteiger partial charge in [0.05, 0.1) is 18.1 Å². The summed E-state index contributed by atoms with van der Waals surface area (Å²) >= 11 is 5.99. The van der Waals surface area contributed by atoms with E-state index in [1.807, 2.05) is 30.3 Å². The molecule has 1 heterocycles. The van der Waals surface area contributed by atoms with Crippen LogP contribution >= 0.6 is 11.6 Å². The van der Waals surface area contributed by atoms with Crippen LogP contribution in [0.5, 0.6) is 5.75 Å². The van der Waals surface area contributed by atoms with Gasteiger partial charge in [0, 0.05) is 6.54 Å². The van der Waals surface area contributed by atoms with E-state index in [1.165, 1.54) is 11.0 Å². The van der Waals surface area contributed by atoms with E-state index < -0.39 is 0 Å². The van der Waals surface area contributed by atoms with E-state index in [-0.39, 0.29) is 37.3 Å². The first-order valence-electron chi connectivity index (χ1n) is 8.97. The molecule has 0 aliphatic heterocycles. The zero-order valence-corrected chi connectivity index (χ0v) is 16.3. The van der Waals surface area contributed by atoms with Crippen molar-refractivity contribution in [3.63, 3.8) is 0 Å². The third-order valence-corrected chi connectivity index (χ3v) is 4.16. The largest absolute Gasteiger partial charge is 0.491 e. The van der Waals surface area contributed by atoms with Crippen molar-refractivity contribution in [2.75, 3.05) is 11.9 Å². The van der Waals surface area contributed by atoms with E-state index in [1.54, 1.807) is 24.3 Å². The number of halogens is 1. The molecule has 3 rings (SSSR count). The van der Waals surface area contributed by atoms with Crippen LogP contribution in [0.25, 0.3) is 0 Å². The van der Waals surface area contributed by atoms with Crippen molar-refractivity contribution in [2.24, 2.45) is 0 Å². The van der Waals surface area contributed by atoms with Crippen LogP contribution in [0.2, 0.25) is 5.02 Å². The molecule has 0 unspecified atom stereocenters. The first-order chi connectivity index (χ1) is 14.1. The van der Waals surface area contributed by atoms with Crippen LogP contribution in [0.4, 0.5) is 5.95 Å². The van der Waals surface area contributed by atoms with E-state index in [9.17, 15) is 9.59 Å². The minimum Gasteiger partial charge on any atom is -0.491 e. The summed E-state index contributed by atoms with van der Waals surface area (Å²) in [4.78, 5) is 28.0. The summed E-state index contributed by atoms with van der Waals surface area (Å²) in [5.41, 5.74) is 1.01. The Kier molecular flexibility index (Phi) is 7.18. The first-order valence-corrected chi connectivity index (χ1v) is 9.35. The first kappa shape index (κ1) is 20.3. The second kappa shape index (κ2) is 10.2. The third-order valence-electron chi connectivity index (χ3n) is 3.85. The topological polar surface area (TPSA) is 98.1 Å². The molecule has 0 radical (unpaired) electrons. The molecule has 2 aromatic carbocycles. The van der Waals surface area contributed by atoms with Crippen molar-refractivity contribution < 1.29 is 14.3 Å². The van der Waals surface area contributed by atoms with E-state index >= 15 is 0 Å². The van der Waals surface area contributed by atoms with E-state index in [0.717, 1.165) is 5.56 Å². The van der Waals surface area contributed by atoms with Gasteiger partial charge in [-0.1, -0.05) is 54.1 Å². The van der Waals surface area contributed by atoms with Gasteiger partial charge in [-0.15, -0.1) is 5.10 Å². The number of nitrogens with zero attached hydrogens (tertiary/aromatic N) is 3. The van der Waals surface area contributed by atoms with E-state index in [2.05, 4.69) is 20.7 Å². The molecule has 0 saturated carbocycles. The molecule has 0 spiro atoms. The van der Waals surface area contributed by atoms with Gasteiger partial charge in [-0.25, -0.2) is 9.67 Å². The highest BCUT2D eigenvalue weighted by Crippen LogP contribution is 2.23. The molecule has 0 bridgehead atoms. The lowest BCUT2D eigenvalue weighted by atomic mass is 10.2. The van der Waals surface area contributed by atoms with Crippen molar-refractivity contribution in [1.29, 1.82) is 0 Å². The van der Waals surface area contributed by atoms with Crippen molar-refractivity contribution in [3.8, 4) is 5.75 Å². The molecule has 0 saturated heterocycles. The van der Waals surface area contributed by atoms with Crippen molar-refractivity contribution in [3.05, 3.63) is 71.5 Å². The summed E-state index contributed by atoms with van der Waals surface area (Å²) in [6.45, 7) is 0.604. The number of nitrogens with one attached hydrogen (secondary N) is 2. The smallest absolute Gasteiger partial charge is 0.248 e. The summed E-state index contributed by atoms with van der Waals surface area (Å²) in [7, 11) is 0. The number of hydrogen-bond acceptors (Lipinski definition) is 5. The fourth-order valence-corrected chi connectivity index (χ4v) is 2.62. The highest BCUT2D eigenvalue weighted by molar-refractivity contribution is 6.32. The number of carbonyl (C=O) groups is 2. The summed E-state index contributed by atoms with van der Waals surface area (Å²) in [5.74, 6) is 0.141. The standard InChI is InChI=1S/C20H20ClN5O3/c21-16-8-4-5-9-17(16)29-11-10-18(27)24-20-23-14-26(25-20)13-19(28)22-12-15-6-2-1-3-7-15/h1-9,14H,10-13H2,(H,22,28)(H,24,25,27). The molecule has 0 fully saturated rings. The zero-order valence-electron chi connectivity index (χ0n) is 15.5. The number of para-hydroxylation sites is 1. The number of aromatic nitrogens is 3. The quantitative estimate of drug-likeness (QED) is 0.562. The molecule has 29 heavy (non-hydrogen) atoms. The highest BCUT2D eigenvalue weighted by atomic mass is 35.5. The monoisotopic (exact) mass is 413 g/mol. The Bertz CT molecular complexity index is 962. The summed E-state index contributed by atoms with van der Waals surface area (Å²) < 4.78 is 6.83. The second-order valence-corrected chi connectivity index (χ2v) is 6.51. The molecule has 3 aromatic rings. The van der Waals surface area contributed by atoms with Gasteiger partial charge >= 0.3 is 0 Å². The number of hydrogen-bond donors (Lipinski definition) is 2. The minimum absolute atomic E-state index is 0.00528. The van der Waals surface area contributed by atoms with Gasteiger partial charge in [0.2, 0.25) is 17.8 Å². The summed E-state index contributed by atoms with van der Waals surface area (Å²) in [6.07, 6.45) is 1.50. The van der Waals surface area contributed by atoms with Crippen LogP contribution < -0.4 is 15.4 Å². The van der Waals surface area contributed by atoms with Crippen LogP contribution in [0.1, 0.15) is 12.0 Å². The fourth-order valence-electron chi connectivity index (χ4n) is 2.43. The predicted molar refractivity (Wildman–Crippen MR) is 109 cm³/mol. The zero-order chi connectivity index (χ0) is 20.5. The Labute approximate surface area is 172 Å². The van der Waals surface area contributed by atoms with Crippen molar-refractivity contribution >= 4 is 29.4 Å². The van der Waals surface area contributed by atoms with Crippen molar-refractivity contribution in [1.82, 2.24) is 20.1 Å². The maximum Gasteiger partial charge on any atom is 0.248 e. The maximum atomic E-state index is 12.0. The molecule has 8 nitrogen and oxygen atoms in total. The molecule has 150 valence electrons. The molecule has 2 N–H and O–H groups in total. The number of rotatable bonds is 9. The molecule has 0 atom stereocenters. The van der Waals surface area contributed by atoms with Crippen LogP contribution in [0, 0.1) is 0 Å². The SMILES string of the molecule is O=C(Cn1cnc(NC(=O)CCOc2ccccc2Cl)n1)NCc1ccccc1. The molecule has 1 aromatic heterocycles. The summed E-state index contributed by atoms with van der Waals surface area (Å²) in [6, 6.07) is 16.6. The Morgan fingerprint density at radius 2 is 1.79 bits per heavy atom. The average Bonchev–Trinajstić information content (AvgIpc) is 3.15. The van der Waals surface area contributed by atoms with E-state index in [0.29, 0.717) is 17.3 Å². The number of amides is 2. The van der Waals surface area contributed by atoms with Gasteiger partial charge in [-0.3, -0.25) is 14.9 Å². The Hall–Kier alpha value is -3.39. The van der Waals surface area contributed by atoms with Crippen LogP contribution in [0.15, 0.2) is 60.9 Å². The molecule has 9 heteroatoms. The normalized spacial score (nSPS) is 10.4. The molecule has 2 amide bonds. The fraction of sp³-hybridized carbons (Fsp3) is 0.200. The van der Waals surface area contributed by atoms with Gasteiger partial charge in [-0.2, -0.15) is 0 Å². The maximum absolute atomic E-state index is 12.0. The second-order valence-electron chi connectivity index (χ2n) is 6.11. The van der Waals surface area contributed by atoms with Crippen LogP contribution in [0.3, 0.4) is 0 Å². The number of ether oxygens (including phenoxy) is 1. The Balaban J connectivity index is 1.39. The van der Waals surface area contributed by atoms with Crippen LogP contribution in [-0.2, 0) is 22.7 Å². The van der Waals surface area contributed by atoms with E-state index in [4.69, 9.17) is 16.3 Å². The van der Waals surface area contributed by atoms with Gasteiger partial charge in [-0.05, 0) is 17.7 Å². The van der Waals surface area contributed by atoms with Crippen molar-refractivity contribution in [2.45, 2.75) is 19.5 Å². The Morgan fingerprint density at radius 1 is 1.03 bits per heavy atom. The lowest BCUT2D eigenvalue weighted by Crippen LogP contribution is -2.27. The number of carbonyl (C=O) groups excluding carboxylic acids is 2. The van der Waals surface area contributed by atoms with Gasteiger partial charge < -0.3 is 10.1 Å². The van der Waals surface area contributed by atoms with Gasteiger partial charge in [0.25, 0.3) is 0 Å². The molecule has 0 aliphatic rings. The number of anilines is 1. The Morgan fingerprint density at radius 3 is 2.59 bits per heavy atom. The van der Waals surface area contributed by atoms with Gasteiger partial charge in [0.1, 0.15) is 18.6 Å². The summed E-state index contributed by atoms with van der Waals surface area (Å²) in [5, 5.41) is 9.93. The molecular formula is C20H20ClN5O3. The highest BCUT2D eigenvalue weighted by Gasteiger charge is 2.10. The van der Waals surface area contributed by atoms with Gasteiger partial charge in [0.15, 0.2) is 0 Å². The number of benzene rings is 2. The lowest BCUT2D eigenvalue weighted by Gasteiger charge is -2.07. The van der Waals surface area contributed by atoms with Crippen LogP contribution in [-0.4, -0.2) is 33.2 Å². The third kappa shape index (κ3) is 6.62. The minimum atomic E-state index is -0.302. The molecular weight excluding hydrogens is 394 g/mol. The molecule has 0 aliphatic carbocycles. The lowest BCUT2D eigenvalue weighted by molar-refractivity contribution is -0.122. The average molecular weight is 414 g/mol. The predicted octanol–water partition coefficient (Wildman–Crippen LogP) is 2.66.